The SMILES string of the molecule is COc1ccc(-c2sc(Nc3ncc(C(F)(F)F)cc3C(=O)O)nc2C(C)C)cc1. The van der Waals surface area contributed by atoms with Crippen LogP contribution in [-0.4, -0.2) is 28.2 Å². The number of nitrogens with one attached hydrogen (secondary N) is 1. The summed E-state index contributed by atoms with van der Waals surface area (Å²) < 4.78 is 43.9. The van der Waals surface area contributed by atoms with Crippen LogP contribution in [0.1, 0.15) is 41.4 Å². The zero-order chi connectivity index (χ0) is 22.1. The van der Waals surface area contributed by atoms with Gasteiger partial charge in [0.2, 0.25) is 0 Å². The Bertz CT molecular complexity index is 1060. The topological polar surface area (TPSA) is 84.3 Å². The molecule has 158 valence electrons. The van der Waals surface area contributed by atoms with E-state index in [4.69, 9.17) is 4.74 Å². The molecule has 0 fully saturated rings. The number of halogens is 3. The Morgan fingerprint density at radius 1 is 1.23 bits per heavy atom. The molecule has 30 heavy (non-hydrogen) atoms. The van der Waals surface area contributed by atoms with E-state index in [2.05, 4.69) is 15.3 Å². The molecular weight excluding hydrogens is 419 g/mol. The first-order valence-corrected chi connectivity index (χ1v) is 9.64. The Labute approximate surface area is 174 Å². The number of carbonyl (C=O) groups is 1. The number of nitrogens with zero attached hydrogens (tertiary/aromatic N) is 2. The lowest BCUT2D eigenvalue weighted by Crippen LogP contribution is -2.11. The number of anilines is 2. The molecule has 10 heteroatoms. The number of aromatic nitrogens is 2. The Morgan fingerprint density at radius 3 is 2.43 bits per heavy atom. The second kappa shape index (κ2) is 8.31. The van der Waals surface area contributed by atoms with Crippen molar-refractivity contribution in [2.45, 2.75) is 25.9 Å². The van der Waals surface area contributed by atoms with Crippen LogP contribution in [0.15, 0.2) is 36.5 Å². The standard InChI is InChI=1S/C20H18F3N3O3S/c1-10(2)15-16(11-4-6-13(29-3)7-5-11)30-19(25-15)26-17-14(18(27)28)8-12(9-24-17)20(21,22)23/h4-10H,1-3H3,(H,27,28)(H,24,25,26). The number of pyridine rings is 1. The summed E-state index contributed by atoms with van der Waals surface area (Å²) in [5.74, 6) is -0.964. The summed E-state index contributed by atoms with van der Waals surface area (Å²) >= 11 is 1.26. The number of carboxylic acid groups (broad SMARTS) is 1. The second-order valence-electron chi connectivity index (χ2n) is 6.66. The number of alkyl halides is 3. The maximum Gasteiger partial charge on any atom is 0.417 e. The molecule has 0 aliphatic heterocycles. The number of ether oxygens (including phenoxy) is 1. The smallest absolute Gasteiger partial charge is 0.417 e. The van der Waals surface area contributed by atoms with Gasteiger partial charge < -0.3 is 15.2 Å². The predicted molar refractivity (Wildman–Crippen MR) is 108 cm³/mol. The van der Waals surface area contributed by atoms with Crippen LogP contribution in [0.5, 0.6) is 5.75 Å². The van der Waals surface area contributed by atoms with Crippen LogP contribution in [0.25, 0.3) is 10.4 Å². The van der Waals surface area contributed by atoms with E-state index in [-0.39, 0.29) is 11.7 Å². The van der Waals surface area contributed by atoms with Crippen molar-refractivity contribution in [3.05, 3.63) is 53.3 Å². The van der Waals surface area contributed by atoms with Crippen molar-refractivity contribution in [1.82, 2.24) is 9.97 Å². The van der Waals surface area contributed by atoms with E-state index >= 15 is 0 Å². The Hall–Kier alpha value is -3.14. The van der Waals surface area contributed by atoms with E-state index in [1.54, 1.807) is 7.11 Å². The number of benzene rings is 1. The van der Waals surface area contributed by atoms with Crippen LogP contribution < -0.4 is 10.1 Å². The Balaban J connectivity index is 2.00. The van der Waals surface area contributed by atoms with Gasteiger partial charge in [-0.2, -0.15) is 13.2 Å². The average Bonchev–Trinajstić information content (AvgIpc) is 3.11. The van der Waals surface area contributed by atoms with E-state index in [1.807, 2.05) is 38.1 Å². The third-order valence-corrected chi connectivity index (χ3v) is 5.26. The minimum absolute atomic E-state index is 0.0633. The molecule has 3 aromatic rings. The van der Waals surface area contributed by atoms with Gasteiger partial charge in [0.05, 0.1) is 23.2 Å². The molecule has 0 unspecified atom stereocenters. The van der Waals surface area contributed by atoms with Crippen LogP contribution in [0.3, 0.4) is 0 Å². The lowest BCUT2D eigenvalue weighted by molar-refractivity contribution is -0.137. The van der Waals surface area contributed by atoms with Crippen molar-refractivity contribution in [2.24, 2.45) is 0 Å². The molecule has 6 nitrogen and oxygen atoms in total. The molecule has 2 N–H and O–H groups in total. The summed E-state index contributed by atoms with van der Waals surface area (Å²) in [5.41, 5.74) is -0.0520. The van der Waals surface area contributed by atoms with E-state index in [1.165, 1.54) is 11.3 Å². The van der Waals surface area contributed by atoms with E-state index in [0.717, 1.165) is 16.1 Å². The molecule has 2 aromatic heterocycles. The summed E-state index contributed by atoms with van der Waals surface area (Å²) in [6.07, 6.45) is -4.10. The molecule has 0 aliphatic rings. The molecule has 2 heterocycles. The number of aromatic carboxylic acids is 1. The van der Waals surface area contributed by atoms with E-state index in [9.17, 15) is 23.1 Å². The number of rotatable bonds is 6. The fraction of sp³-hybridized carbons (Fsp3) is 0.250. The first-order chi connectivity index (χ1) is 14.1. The number of methoxy groups -OCH3 is 1. The number of hydrogen-bond acceptors (Lipinski definition) is 6. The highest BCUT2D eigenvalue weighted by Gasteiger charge is 2.32. The molecule has 0 aliphatic carbocycles. The van der Waals surface area contributed by atoms with Crippen LogP contribution in [-0.2, 0) is 6.18 Å². The van der Waals surface area contributed by atoms with Crippen molar-refractivity contribution < 1.29 is 27.8 Å². The monoisotopic (exact) mass is 437 g/mol. The first-order valence-electron chi connectivity index (χ1n) is 8.83. The zero-order valence-electron chi connectivity index (χ0n) is 16.2. The summed E-state index contributed by atoms with van der Waals surface area (Å²) in [7, 11) is 1.57. The molecule has 0 bridgehead atoms. The minimum atomic E-state index is -4.69. The quantitative estimate of drug-likeness (QED) is 0.507. The Kier molecular flexibility index (Phi) is 5.97. The minimum Gasteiger partial charge on any atom is -0.497 e. The summed E-state index contributed by atoms with van der Waals surface area (Å²) in [4.78, 5) is 20.5. The van der Waals surface area contributed by atoms with Crippen molar-refractivity contribution in [3.63, 3.8) is 0 Å². The lowest BCUT2D eigenvalue weighted by atomic mass is 10.1. The molecular formula is C20H18F3N3O3S. The lowest BCUT2D eigenvalue weighted by Gasteiger charge is -2.10. The van der Waals surface area contributed by atoms with Crippen molar-refractivity contribution in [3.8, 4) is 16.2 Å². The van der Waals surface area contributed by atoms with E-state index in [0.29, 0.717) is 23.1 Å². The van der Waals surface area contributed by atoms with Gasteiger partial charge in [-0.05, 0) is 41.8 Å². The normalized spacial score (nSPS) is 11.6. The number of thiazole rings is 1. The summed E-state index contributed by atoms with van der Waals surface area (Å²) in [6, 6.07) is 7.93. The van der Waals surface area contributed by atoms with Crippen LogP contribution in [0.2, 0.25) is 0 Å². The van der Waals surface area contributed by atoms with Gasteiger partial charge in [0.15, 0.2) is 5.13 Å². The molecule has 0 amide bonds. The van der Waals surface area contributed by atoms with Gasteiger partial charge in [-0.15, -0.1) is 0 Å². The first kappa shape index (κ1) is 21.6. The molecule has 0 saturated carbocycles. The van der Waals surface area contributed by atoms with Gasteiger partial charge in [0.1, 0.15) is 17.1 Å². The molecule has 0 atom stereocenters. The summed E-state index contributed by atoms with van der Waals surface area (Å²) in [6.45, 7) is 3.93. The highest BCUT2D eigenvalue weighted by Crippen LogP contribution is 2.39. The van der Waals surface area contributed by atoms with E-state index < -0.39 is 23.3 Å². The van der Waals surface area contributed by atoms with Gasteiger partial charge in [-0.1, -0.05) is 25.2 Å². The number of hydrogen-bond donors (Lipinski definition) is 2. The van der Waals surface area contributed by atoms with Crippen LogP contribution in [0.4, 0.5) is 24.1 Å². The van der Waals surface area contributed by atoms with Gasteiger partial charge >= 0.3 is 12.1 Å². The van der Waals surface area contributed by atoms with Gasteiger partial charge in [-0.3, -0.25) is 0 Å². The van der Waals surface area contributed by atoms with Crippen molar-refractivity contribution in [1.29, 1.82) is 0 Å². The van der Waals surface area contributed by atoms with Gasteiger partial charge in [0.25, 0.3) is 0 Å². The molecule has 0 radical (unpaired) electrons. The maximum atomic E-state index is 12.9. The summed E-state index contributed by atoms with van der Waals surface area (Å²) in [5, 5.41) is 12.4. The average molecular weight is 437 g/mol. The molecule has 3 rings (SSSR count). The zero-order valence-corrected chi connectivity index (χ0v) is 17.1. The molecule has 0 spiro atoms. The van der Waals surface area contributed by atoms with Gasteiger partial charge in [-0.25, -0.2) is 14.8 Å². The molecule has 0 saturated heterocycles. The van der Waals surface area contributed by atoms with Gasteiger partial charge in [0, 0.05) is 6.20 Å². The third kappa shape index (κ3) is 4.54. The highest BCUT2D eigenvalue weighted by atomic mass is 32.1. The Morgan fingerprint density at radius 2 is 1.90 bits per heavy atom. The van der Waals surface area contributed by atoms with Crippen molar-refractivity contribution >= 4 is 28.3 Å². The fourth-order valence-corrected chi connectivity index (χ4v) is 3.83. The second-order valence-corrected chi connectivity index (χ2v) is 7.66. The highest BCUT2D eigenvalue weighted by molar-refractivity contribution is 7.19. The van der Waals surface area contributed by atoms with Crippen LogP contribution in [0, 0.1) is 0 Å². The predicted octanol–water partition coefficient (Wildman–Crippen LogP) is 5.80. The molecule has 1 aromatic carbocycles. The third-order valence-electron chi connectivity index (χ3n) is 4.22. The van der Waals surface area contributed by atoms with Crippen LogP contribution >= 0.6 is 11.3 Å². The fourth-order valence-electron chi connectivity index (χ4n) is 2.71. The largest absolute Gasteiger partial charge is 0.497 e. The van der Waals surface area contributed by atoms with Crippen molar-refractivity contribution in [2.75, 3.05) is 12.4 Å². The maximum absolute atomic E-state index is 12.9. The number of carboxylic acids is 1.